The number of carbonyl (C=O) groups is 1. The van der Waals surface area contributed by atoms with Crippen molar-refractivity contribution in [3.8, 4) is 0 Å². The number of fused-ring (bicyclic) bond motifs is 2. The number of aromatic nitrogens is 3. The zero-order valence-corrected chi connectivity index (χ0v) is 23.7. The van der Waals surface area contributed by atoms with E-state index in [0.717, 1.165) is 26.5 Å². The number of benzene rings is 3. The molecule has 0 unspecified atom stereocenters. The topological polar surface area (TPSA) is 154 Å². The van der Waals surface area contributed by atoms with Gasteiger partial charge < -0.3 is 26.7 Å². The molecule has 3 heterocycles. The van der Waals surface area contributed by atoms with Crippen LogP contribution in [0.4, 0.5) is 34.5 Å². The minimum absolute atomic E-state index is 0.0165. The van der Waals surface area contributed by atoms with E-state index in [4.69, 9.17) is 10.4 Å². The lowest BCUT2D eigenvalue weighted by Gasteiger charge is -2.18. The maximum absolute atomic E-state index is 13.7. The molecule has 0 spiro atoms. The Kier molecular flexibility index (Phi) is 6.83. The Morgan fingerprint density at radius 2 is 1.71 bits per heavy atom. The van der Waals surface area contributed by atoms with Gasteiger partial charge in [-0.05, 0) is 73.5 Å². The van der Waals surface area contributed by atoms with E-state index in [1.807, 2.05) is 31.2 Å². The largest absolute Gasteiger partial charge is 0.388 e. The number of nitrogens with one attached hydrogen (secondary N) is 5. The molecule has 0 radical (unpaired) electrons. The SMILES string of the molecule is CNc1ccc(Nc2nc(Nc3ccc4c(c3)CCC(=O)N4)nc3c2ccn3S(=O)(=O)c2ccc(C)cc2)cc1C=N. The minimum atomic E-state index is -3.96. The maximum Gasteiger partial charge on any atom is 0.269 e. The third-order valence-electron chi connectivity index (χ3n) is 7.08. The summed E-state index contributed by atoms with van der Waals surface area (Å²) in [4.78, 5) is 21.3. The van der Waals surface area contributed by atoms with Gasteiger partial charge in [0.25, 0.3) is 10.0 Å². The van der Waals surface area contributed by atoms with Gasteiger partial charge in [-0.2, -0.15) is 9.97 Å². The van der Waals surface area contributed by atoms with Crippen LogP contribution in [0.15, 0.2) is 77.8 Å². The molecule has 2 aromatic heterocycles. The van der Waals surface area contributed by atoms with Gasteiger partial charge in [-0.1, -0.05) is 17.7 Å². The Labute approximate surface area is 242 Å². The predicted octanol–water partition coefficient (Wildman–Crippen LogP) is 5.39. The first kappa shape index (κ1) is 27.0. The number of rotatable bonds is 8. The monoisotopic (exact) mass is 580 g/mol. The first-order valence-corrected chi connectivity index (χ1v) is 14.7. The fourth-order valence-corrected chi connectivity index (χ4v) is 6.17. The number of amides is 1. The molecule has 212 valence electrons. The molecule has 12 heteroatoms. The minimum Gasteiger partial charge on any atom is -0.388 e. The van der Waals surface area contributed by atoms with Crippen molar-refractivity contribution in [3.05, 3.63) is 89.6 Å². The van der Waals surface area contributed by atoms with Gasteiger partial charge in [-0.25, -0.2) is 12.4 Å². The molecule has 1 aliphatic heterocycles. The van der Waals surface area contributed by atoms with E-state index >= 15 is 0 Å². The zero-order valence-electron chi connectivity index (χ0n) is 22.9. The normalized spacial score (nSPS) is 12.9. The van der Waals surface area contributed by atoms with Crippen LogP contribution in [0.2, 0.25) is 0 Å². The number of carbonyl (C=O) groups excluding carboxylic acids is 1. The highest BCUT2D eigenvalue weighted by Gasteiger charge is 2.23. The Morgan fingerprint density at radius 3 is 2.48 bits per heavy atom. The summed E-state index contributed by atoms with van der Waals surface area (Å²) in [7, 11) is -2.18. The van der Waals surface area contributed by atoms with Gasteiger partial charge in [0.15, 0.2) is 5.65 Å². The second-order valence-electron chi connectivity index (χ2n) is 9.93. The summed E-state index contributed by atoms with van der Waals surface area (Å²) in [6.07, 6.45) is 3.74. The Bertz CT molecular complexity index is 1970. The summed E-state index contributed by atoms with van der Waals surface area (Å²) in [6, 6.07) is 19.4. The van der Waals surface area contributed by atoms with E-state index in [2.05, 4.69) is 26.3 Å². The van der Waals surface area contributed by atoms with Crippen molar-refractivity contribution in [1.82, 2.24) is 13.9 Å². The van der Waals surface area contributed by atoms with Crippen molar-refractivity contribution in [3.63, 3.8) is 0 Å². The summed E-state index contributed by atoms with van der Waals surface area (Å²) in [5.74, 6) is 0.555. The van der Waals surface area contributed by atoms with Crippen molar-refractivity contribution in [2.75, 3.05) is 28.3 Å². The summed E-state index contributed by atoms with van der Waals surface area (Å²) in [5, 5.41) is 20.7. The Balaban J connectivity index is 1.46. The van der Waals surface area contributed by atoms with Crippen LogP contribution < -0.4 is 21.3 Å². The number of aryl methyl sites for hydroxylation is 2. The van der Waals surface area contributed by atoms with Crippen molar-refractivity contribution >= 4 is 67.7 Å². The molecule has 3 aromatic carbocycles. The molecule has 1 amide bonds. The van der Waals surface area contributed by atoms with E-state index < -0.39 is 10.0 Å². The van der Waals surface area contributed by atoms with E-state index in [-0.39, 0.29) is 22.4 Å². The summed E-state index contributed by atoms with van der Waals surface area (Å²) in [6.45, 7) is 1.90. The molecule has 1 aliphatic rings. The molecule has 0 saturated carbocycles. The van der Waals surface area contributed by atoms with Crippen LogP contribution in [0.25, 0.3) is 11.0 Å². The first-order chi connectivity index (χ1) is 20.2. The molecular weight excluding hydrogens is 552 g/mol. The van der Waals surface area contributed by atoms with Gasteiger partial charge in [-0.3, -0.25) is 4.79 Å². The molecule has 0 aliphatic carbocycles. The molecular formula is C30H28N8O3S. The first-order valence-electron chi connectivity index (χ1n) is 13.3. The maximum atomic E-state index is 13.7. The second-order valence-corrected chi connectivity index (χ2v) is 11.7. The van der Waals surface area contributed by atoms with E-state index in [1.165, 1.54) is 12.4 Å². The van der Waals surface area contributed by atoms with Gasteiger partial charge in [0.05, 0.1) is 10.3 Å². The highest BCUT2D eigenvalue weighted by atomic mass is 32.2. The number of anilines is 6. The van der Waals surface area contributed by atoms with Crippen LogP contribution in [0, 0.1) is 12.3 Å². The lowest BCUT2D eigenvalue weighted by molar-refractivity contribution is -0.116. The fourth-order valence-electron chi connectivity index (χ4n) is 4.88. The molecule has 5 N–H and O–H groups in total. The molecule has 5 aromatic rings. The van der Waals surface area contributed by atoms with Gasteiger partial charge in [0.1, 0.15) is 5.82 Å². The highest BCUT2D eigenvalue weighted by molar-refractivity contribution is 7.90. The van der Waals surface area contributed by atoms with Gasteiger partial charge in [0.2, 0.25) is 11.9 Å². The Hall–Kier alpha value is -5.23. The summed E-state index contributed by atoms with van der Waals surface area (Å²) < 4.78 is 28.5. The number of nitrogens with zero attached hydrogens (tertiary/aromatic N) is 3. The lowest BCUT2D eigenvalue weighted by Crippen LogP contribution is -2.18. The molecule has 0 atom stereocenters. The predicted molar refractivity (Wildman–Crippen MR) is 165 cm³/mol. The zero-order chi connectivity index (χ0) is 29.4. The molecule has 42 heavy (non-hydrogen) atoms. The second kappa shape index (κ2) is 10.6. The van der Waals surface area contributed by atoms with E-state index in [9.17, 15) is 13.2 Å². The van der Waals surface area contributed by atoms with Crippen LogP contribution >= 0.6 is 0 Å². The lowest BCUT2D eigenvalue weighted by atomic mass is 10.0. The van der Waals surface area contributed by atoms with Crippen molar-refractivity contribution in [2.45, 2.75) is 24.7 Å². The smallest absolute Gasteiger partial charge is 0.269 e. The van der Waals surface area contributed by atoms with Gasteiger partial charge in [0, 0.05) is 54.2 Å². The van der Waals surface area contributed by atoms with Crippen LogP contribution in [0.5, 0.6) is 0 Å². The summed E-state index contributed by atoms with van der Waals surface area (Å²) >= 11 is 0. The van der Waals surface area contributed by atoms with Crippen molar-refractivity contribution in [2.24, 2.45) is 0 Å². The highest BCUT2D eigenvalue weighted by Crippen LogP contribution is 2.32. The Morgan fingerprint density at radius 1 is 0.952 bits per heavy atom. The third-order valence-corrected chi connectivity index (χ3v) is 8.77. The summed E-state index contributed by atoms with van der Waals surface area (Å²) in [5.41, 5.74) is 5.71. The quantitative estimate of drug-likeness (QED) is 0.153. The third kappa shape index (κ3) is 5.03. The molecule has 11 nitrogen and oxygen atoms in total. The van der Waals surface area contributed by atoms with Crippen molar-refractivity contribution < 1.29 is 13.2 Å². The molecule has 0 bridgehead atoms. The van der Waals surface area contributed by atoms with Crippen LogP contribution in [-0.4, -0.2) is 41.5 Å². The van der Waals surface area contributed by atoms with Crippen LogP contribution in [0.1, 0.15) is 23.1 Å². The van der Waals surface area contributed by atoms with Crippen LogP contribution in [-0.2, 0) is 21.2 Å². The van der Waals surface area contributed by atoms with Gasteiger partial charge in [-0.15, -0.1) is 0 Å². The molecule has 0 fully saturated rings. The molecule has 6 rings (SSSR count). The number of hydrogen-bond acceptors (Lipinski definition) is 9. The number of hydrogen-bond donors (Lipinski definition) is 5. The van der Waals surface area contributed by atoms with Crippen molar-refractivity contribution in [1.29, 1.82) is 5.41 Å². The van der Waals surface area contributed by atoms with Crippen LogP contribution in [0.3, 0.4) is 0 Å². The fraction of sp³-hybridized carbons (Fsp3) is 0.133. The van der Waals surface area contributed by atoms with E-state index in [1.54, 1.807) is 49.5 Å². The average Bonchev–Trinajstić information content (AvgIpc) is 3.43. The standard InChI is InChI=1S/C30H28N8O3S/c1-18-3-8-23(9-4-18)42(40,41)38-14-13-24-28(33-21-6-10-25(32-2)20(16-21)17-31)36-30(37-29(24)38)34-22-7-11-26-19(15-22)5-12-27(39)35-26/h3-4,6-11,13-17,31-32H,5,12H2,1-2H3,(H,35,39)(H2,33,34,36,37). The van der Waals surface area contributed by atoms with E-state index in [0.29, 0.717) is 41.0 Å². The molecule has 0 saturated heterocycles. The van der Waals surface area contributed by atoms with Gasteiger partial charge >= 0.3 is 0 Å². The average molecular weight is 581 g/mol.